The maximum absolute atomic E-state index is 13.1. The third-order valence-electron chi connectivity index (χ3n) is 9.92. The summed E-state index contributed by atoms with van der Waals surface area (Å²) in [6.07, 6.45) is 12.6. The third kappa shape index (κ3) is 3.43. The summed E-state index contributed by atoms with van der Waals surface area (Å²) in [7, 11) is 0. The van der Waals surface area contributed by atoms with Crippen molar-refractivity contribution in [2.75, 3.05) is 0 Å². The zero-order valence-corrected chi connectivity index (χ0v) is 19.9. The zero-order chi connectivity index (χ0) is 22.4. The first-order valence-corrected chi connectivity index (χ1v) is 12.6. The molecule has 0 amide bonds. The highest BCUT2D eigenvalue weighted by molar-refractivity contribution is 5.91. The van der Waals surface area contributed by atoms with Crippen molar-refractivity contribution in [1.82, 2.24) is 0 Å². The van der Waals surface area contributed by atoms with Gasteiger partial charge in [0.2, 0.25) is 0 Å². The van der Waals surface area contributed by atoms with Crippen molar-refractivity contribution >= 4 is 17.5 Å². The lowest BCUT2D eigenvalue weighted by Crippen LogP contribution is -2.58. The number of ether oxygens (including phenoxy) is 1. The number of carbonyl (C=O) groups excluding carboxylic acids is 3. The van der Waals surface area contributed by atoms with Gasteiger partial charge in [0.05, 0.1) is 0 Å². The predicted octanol–water partition coefficient (Wildman–Crippen LogP) is 5.97. The summed E-state index contributed by atoms with van der Waals surface area (Å²) in [5, 5.41) is 0. The van der Waals surface area contributed by atoms with Crippen molar-refractivity contribution in [2.24, 2.45) is 28.6 Å². The molecule has 4 rings (SSSR count). The van der Waals surface area contributed by atoms with Gasteiger partial charge in [-0.2, -0.15) is 0 Å². The summed E-state index contributed by atoms with van der Waals surface area (Å²) in [6, 6.07) is 0. The molecule has 4 nitrogen and oxygen atoms in total. The normalized spacial score (nSPS) is 41.6. The molecular formula is C27H40O4. The smallest absolute Gasteiger partial charge is 0.306 e. The molecule has 6 atom stereocenters. The van der Waals surface area contributed by atoms with Gasteiger partial charge in [0.15, 0.2) is 17.2 Å². The SMILES string of the molecule is CCCCCC(=O)O[C@]1(C(C)=O)CC[C@@H]2[C@@H]3CCC4=CC(=O)CC[C@]4(C)[C@@H]3CC[C@@]21C. The van der Waals surface area contributed by atoms with Gasteiger partial charge in [0.1, 0.15) is 0 Å². The monoisotopic (exact) mass is 428 g/mol. The zero-order valence-electron chi connectivity index (χ0n) is 19.9. The number of allylic oxidation sites excluding steroid dienone is 1. The van der Waals surface area contributed by atoms with Gasteiger partial charge in [-0.05, 0) is 87.5 Å². The average Bonchev–Trinajstić information content (AvgIpc) is 3.02. The highest BCUT2D eigenvalue weighted by atomic mass is 16.6. The molecule has 4 aliphatic rings. The van der Waals surface area contributed by atoms with Crippen LogP contribution in [-0.4, -0.2) is 23.1 Å². The van der Waals surface area contributed by atoms with Gasteiger partial charge in [-0.3, -0.25) is 14.4 Å². The minimum Gasteiger partial charge on any atom is -0.450 e. The van der Waals surface area contributed by atoms with Crippen LogP contribution in [0.15, 0.2) is 11.6 Å². The topological polar surface area (TPSA) is 60.4 Å². The van der Waals surface area contributed by atoms with E-state index in [9.17, 15) is 14.4 Å². The fraction of sp³-hybridized carbons (Fsp3) is 0.815. The van der Waals surface area contributed by atoms with E-state index in [4.69, 9.17) is 4.74 Å². The Bertz CT molecular complexity index is 797. The highest BCUT2D eigenvalue weighted by Crippen LogP contribution is 2.68. The molecule has 0 aromatic rings. The Balaban J connectivity index is 1.59. The molecule has 31 heavy (non-hydrogen) atoms. The molecule has 0 N–H and O–H groups in total. The first-order valence-electron chi connectivity index (χ1n) is 12.6. The lowest BCUT2D eigenvalue weighted by atomic mass is 9.46. The van der Waals surface area contributed by atoms with Crippen LogP contribution in [0, 0.1) is 28.6 Å². The maximum Gasteiger partial charge on any atom is 0.306 e. The molecular weight excluding hydrogens is 388 g/mol. The first kappa shape index (κ1) is 22.7. The number of unbranched alkanes of at least 4 members (excludes halogenated alkanes) is 2. The van der Waals surface area contributed by atoms with E-state index in [1.54, 1.807) is 6.92 Å². The standard InChI is InChI=1S/C27H40O4/c1-5-6-7-8-24(30)31-27(18(2)28)16-13-23-21-10-9-19-17-20(29)11-14-25(19,3)22(21)12-15-26(23,27)4/h17,21-23H,5-16H2,1-4H3/t21-,22-,23-,25+,26+,27+/m1/s1. The molecule has 0 aliphatic heterocycles. The summed E-state index contributed by atoms with van der Waals surface area (Å²) in [5.41, 5.74) is 0.261. The molecule has 0 heterocycles. The van der Waals surface area contributed by atoms with E-state index >= 15 is 0 Å². The van der Waals surface area contributed by atoms with Crippen molar-refractivity contribution in [3.63, 3.8) is 0 Å². The predicted molar refractivity (Wildman–Crippen MR) is 120 cm³/mol. The van der Waals surface area contributed by atoms with Crippen molar-refractivity contribution in [3.8, 4) is 0 Å². The Morgan fingerprint density at radius 2 is 1.77 bits per heavy atom. The van der Waals surface area contributed by atoms with Gasteiger partial charge in [0, 0.05) is 18.3 Å². The average molecular weight is 429 g/mol. The molecule has 4 heteroatoms. The molecule has 3 fully saturated rings. The Kier molecular flexibility index (Phi) is 5.98. The molecule has 0 aromatic heterocycles. The summed E-state index contributed by atoms with van der Waals surface area (Å²) >= 11 is 0. The number of esters is 1. The van der Waals surface area contributed by atoms with Gasteiger partial charge in [-0.15, -0.1) is 0 Å². The van der Waals surface area contributed by atoms with Gasteiger partial charge >= 0.3 is 5.97 Å². The van der Waals surface area contributed by atoms with Crippen LogP contribution < -0.4 is 0 Å². The highest BCUT2D eigenvalue weighted by Gasteiger charge is 2.67. The lowest BCUT2D eigenvalue weighted by molar-refractivity contribution is -0.189. The van der Waals surface area contributed by atoms with Crippen molar-refractivity contribution in [3.05, 3.63) is 11.6 Å². The largest absolute Gasteiger partial charge is 0.450 e. The summed E-state index contributed by atoms with van der Waals surface area (Å²) in [5.74, 6) is 1.66. The third-order valence-corrected chi connectivity index (χ3v) is 9.92. The van der Waals surface area contributed by atoms with Gasteiger partial charge in [0.25, 0.3) is 0 Å². The van der Waals surface area contributed by atoms with Crippen molar-refractivity contribution in [1.29, 1.82) is 0 Å². The maximum atomic E-state index is 13.1. The molecule has 0 unspecified atom stereocenters. The van der Waals surface area contributed by atoms with Crippen LogP contribution in [0.3, 0.4) is 0 Å². The van der Waals surface area contributed by atoms with Crippen LogP contribution in [0.5, 0.6) is 0 Å². The number of Topliss-reactive ketones (excluding diaryl/α,β-unsaturated/α-hetero) is 1. The first-order chi connectivity index (χ1) is 14.7. The van der Waals surface area contributed by atoms with Crippen LogP contribution >= 0.6 is 0 Å². The molecule has 3 saturated carbocycles. The lowest BCUT2D eigenvalue weighted by Gasteiger charge is -2.59. The fourth-order valence-electron chi connectivity index (χ4n) is 8.14. The molecule has 0 saturated heterocycles. The van der Waals surface area contributed by atoms with Crippen LogP contribution in [-0.2, 0) is 19.1 Å². The van der Waals surface area contributed by atoms with Gasteiger partial charge in [-0.1, -0.05) is 39.2 Å². The van der Waals surface area contributed by atoms with Crippen LogP contribution in [0.25, 0.3) is 0 Å². The molecule has 172 valence electrons. The van der Waals surface area contributed by atoms with E-state index in [1.807, 2.05) is 6.08 Å². The minimum atomic E-state index is -0.953. The second-order valence-electron chi connectivity index (χ2n) is 11.3. The van der Waals surface area contributed by atoms with E-state index in [0.717, 1.165) is 57.8 Å². The van der Waals surface area contributed by atoms with E-state index in [2.05, 4.69) is 20.8 Å². The number of hydrogen-bond acceptors (Lipinski definition) is 4. The summed E-state index contributed by atoms with van der Waals surface area (Å²) in [4.78, 5) is 37.8. The summed E-state index contributed by atoms with van der Waals surface area (Å²) < 4.78 is 6.16. The Hall–Kier alpha value is -1.45. The molecule has 4 aliphatic carbocycles. The van der Waals surface area contributed by atoms with Crippen LogP contribution in [0.2, 0.25) is 0 Å². The second kappa shape index (κ2) is 8.15. The molecule has 0 aromatic carbocycles. The molecule has 0 bridgehead atoms. The number of ketones is 2. The van der Waals surface area contributed by atoms with Crippen molar-refractivity contribution < 1.29 is 19.1 Å². The van der Waals surface area contributed by atoms with E-state index in [0.29, 0.717) is 37.0 Å². The van der Waals surface area contributed by atoms with Gasteiger partial charge < -0.3 is 4.74 Å². The van der Waals surface area contributed by atoms with Gasteiger partial charge in [-0.25, -0.2) is 0 Å². The summed E-state index contributed by atoms with van der Waals surface area (Å²) in [6.45, 7) is 8.37. The number of fused-ring (bicyclic) bond motifs is 5. The van der Waals surface area contributed by atoms with E-state index in [-0.39, 0.29) is 28.4 Å². The number of rotatable bonds is 6. The molecule has 0 spiro atoms. The minimum absolute atomic E-state index is 0.0330. The van der Waals surface area contributed by atoms with Crippen LogP contribution in [0.1, 0.15) is 105 Å². The quantitative estimate of drug-likeness (QED) is 0.386. The van der Waals surface area contributed by atoms with E-state index in [1.165, 1.54) is 5.57 Å². The Morgan fingerprint density at radius 3 is 2.48 bits per heavy atom. The second-order valence-corrected chi connectivity index (χ2v) is 11.3. The van der Waals surface area contributed by atoms with Crippen molar-refractivity contribution in [2.45, 2.75) is 110 Å². The number of carbonyl (C=O) groups is 3. The van der Waals surface area contributed by atoms with E-state index < -0.39 is 5.60 Å². The Morgan fingerprint density at radius 1 is 1.03 bits per heavy atom. The van der Waals surface area contributed by atoms with Crippen LogP contribution in [0.4, 0.5) is 0 Å². The fourth-order valence-corrected chi connectivity index (χ4v) is 8.14. The molecule has 0 radical (unpaired) electrons. The number of hydrogen-bond donors (Lipinski definition) is 0. The Labute approximate surface area is 187 Å².